The van der Waals surface area contributed by atoms with Gasteiger partial charge in [-0.3, -0.25) is 4.79 Å². The monoisotopic (exact) mass is 151 g/mol. The fraction of sp³-hybridized carbons (Fsp3) is 0.778. The third kappa shape index (κ3) is 1.80. The van der Waals surface area contributed by atoms with Gasteiger partial charge in [0.25, 0.3) is 0 Å². The molecule has 1 rings (SSSR count). The Hall–Kier alpha value is -0.840. The Morgan fingerprint density at radius 2 is 2.18 bits per heavy atom. The van der Waals surface area contributed by atoms with Crippen LogP contribution in [0.25, 0.3) is 0 Å². The van der Waals surface area contributed by atoms with Gasteiger partial charge in [0, 0.05) is 12.3 Å². The van der Waals surface area contributed by atoms with E-state index in [2.05, 4.69) is 6.07 Å². The number of nitriles is 1. The van der Waals surface area contributed by atoms with E-state index in [1.807, 2.05) is 13.8 Å². The summed E-state index contributed by atoms with van der Waals surface area (Å²) < 4.78 is 0. The van der Waals surface area contributed by atoms with Crippen molar-refractivity contribution >= 4 is 5.78 Å². The third-order valence-electron chi connectivity index (χ3n) is 2.25. The number of nitrogens with zero attached hydrogens (tertiary/aromatic N) is 1. The maximum Gasteiger partial charge on any atom is 0.137 e. The molecule has 0 heterocycles. The lowest BCUT2D eigenvalue weighted by molar-refractivity contribution is -0.122. The van der Waals surface area contributed by atoms with Crippen molar-refractivity contribution in [3.05, 3.63) is 0 Å². The largest absolute Gasteiger partial charge is 0.299 e. The molecule has 0 radical (unpaired) electrons. The highest BCUT2D eigenvalue weighted by Gasteiger charge is 2.44. The molecule has 0 amide bonds. The normalized spacial score (nSPS) is 19.5. The van der Waals surface area contributed by atoms with E-state index >= 15 is 0 Å². The number of hydrogen-bond donors (Lipinski definition) is 0. The van der Waals surface area contributed by atoms with Gasteiger partial charge in [-0.1, -0.05) is 13.8 Å². The second kappa shape index (κ2) is 2.65. The smallest absolute Gasteiger partial charge is 0.137 e. The Labute approximate surface area is 67.2 Å². The second-order valence-electron chi connectivity index (χ2n) is 3.69. The number of hydrogen-bond acceptors (Lipinski definition) is 2. The number of ketones is 1. The van der Waals surface area contributed by atoms with Crippen LogP contribution in [0.4, 0.5) is 0 Å². The van der Waals surface area contributed by atoms with E-state index in [4.69, 9.17) is 5.26 Å². The van der Waals surface area contributed by atoms with Gasteiger partial charge in [0.1, 0.15) is 5.78 Å². The minimum Gasteiger partial charge on any atom is -0.299 e. The second-order valence-corrected chi connectivity index (χ2v) is 3.69. The summed E-state index contributed by atoms with van der Waals surface area (Å²) in [6.07, 6.45) is 2.31. The van der Waals surface area contributed by atoms with Crippen LogP contribution in [0, 0.1) is 22.7 Å². The summed E-state index contributed by atoms with van der Waals surface area (Å²) in [5.74, 6) is 0.310. The fourth-order valence-electron chi connectivity index (χ4n) is 1.02. The standard InChI is InChI=1S/C9H13NO/c1-7(2)8(11)5-9(6-10)3-4-9/h7H,3-5H2,1-2H3. The third-order valence-corrected chi connectivity index (χ3v) is 2.25. The van der Waals surface area contributed by atoms with Gasteiger partial charge in [0.2, 0.25) is 0 Å². The first kappa shape index (κ1) is 8.26. The van der Waals surface area contributed by atoms with Crippen molar-refractivity contribution in [3.63, 3.8) is 0 Å². The average molecular weight is 151 g/mol. The summed E-state index contributed by atoms with van der Waals surface area (Å²) >= 11 is 0. The van der Waals surface area contributed by atoms with Crippen LogP contribution in [-0.4, -0.2) is 5.78 Å². The molecule has 0 aliphatic heterocycles. The minimum atomic E-state index is -0.249. The molecule has 1 saturated carbocycles. The van der Waals surface area contributed by atoms with Crippen LogP contribution >= 0.6 is 0 Å². The molecular weight excluding hydrogens is 138 g/mol. The molecule has 11 heavy (non-hydrogen) atoms. The molecule has 0 aromatic rings. The molecule has 2 heteroatoms. The molecule has 1 aliphatic rings. The van der Waals surface area contributed by atoms with Gasteiger partial charge >= 0.3 is 0 Å². The molecule has 0 unspecified atom stereocenters. The van der Waals surface area contributed by atoms with E-state index in [9.17, 15) is 4.79 Å². The Balaban J connectivity index is 2.44. The van der Waals surface area contributed by atoms with Crippen LogP contribution < -0.4 is 0 Å². The molecule has 60 valence electrons. The van der Waals surface area contributed by atoms with Gasteiger partial charge in [-0.2, -0.15) is 5.26 Å². The summed E-state index contributed by atoms with van der Waals surface area (Å²) in [5, 5.41) is 8.68. The fourth-order valence-corrected chi connectivity index (χ4v) is 1.02. The van der Waals surface area contributed by atoms with Crippen LogP contribution in [0.2, 0.25) is 0 Å². The number of rotatable bonds is 3. The highest BCUT2D eigenvalue weighted by Crippen LogP contribution is 2.48. The van der Waals surface area contributed by atoms with Crippen LogP contribution in [-0.2, 0) is 4.79 Å². The summed E-state index contributed by atoms with van der Waals surface area (Å²) in [4.78, 5) is 11.2. The first-order valence-corrected chi connectivity index (χ1v) is 4.04. The topological polar surface area (TPSA) is 40.9 Å². The van der Waals surface area contributed by atoms with Crippen molar-refractivity contribution in [3.8, 4) is 6.07 Å². The maximum atomic E-state index is 11.2. The first-order chi connectivity index (χ1) is 5.09. The quantitative estimate of drug-likeness (QED) is 0.618. The molecule has 2 nitrogen and oxygen atoms in total. The maximum absolute atomic E-state index is 11.2. The lowest BCUT2D eigenvalue weighted by atomic mass is 9.95. The van der Waals surface area contributed by atoms with E-state index in [-0.39, 0.29) is 17.1 Å². The number of carbonyl (C=O) groups excluding carboxylic acids is 1. The molecule has 0 N–H and O–H groups in total. The zero-order valence-electron chi connectivity index (χ0n) is 7.05. The van der Waals surface area contributed by atoms with E-state index in [1.54, 1.807) is 0 Å². The summed E-state index contributed by atoms with van der Waals surface area (Å²) in [6, 6.07) is 2.22. The predicted molar refractivity (Wildman–Crippen MR) is 41.7 cm³/mol. The highest BCUT2D eigenvalue weighted by atomic mass is 16.1. The van der Waals surface area contributed by atoms with Crippen LogP contribution in [0.5, 0.6) is 0 Å². The SMILES string of the molecule is CC(C)C(=O)CC1(C#N)CC1. The van der Waals surface area contributed by atoms with Gasteiger partial charge < -0.3 is 0 Å². The average Bonchev–Trinajstić information content (AvgIpc) is 2.69. The first-order valence-electron chi connectivity index (χ1n) is 4.04. The molecule has 0 atom stereocenters. The predicted octanol–water partition coefficient (Wildman–Crippen LogP) is 1.91. The molecule has 0 bridgehead atoms. The van der Waals surface area contributed by atoms with Crippen molar-refractivity contribution in [1.82, 2.24) is 0 Å². The lowest BCUT2D eigenvalue weighted by Gasteiger charge is -2.06. The lowest BCUT2D eigenvalue weighted by Crippen LogP contribution is -2.12. The van der Waals surface area contributed by atoms with Crippen molar-refractivity contribution in [2.45, 2.75) is 33.1 Å². The molecule has 0 saturated heterocycles. The van der Waals surface area contributed by atoms with Crippen molar-refractivity contribution in [2.75, 3.05) is 0 Å². The highest BCUT2D eigenvalue weighted by molar-refractivity contribution is 5.81. The number of Topliss-reactive ketones (excluding diaryl/α,β-unsaturated/α-hetero) is 1. The minimum absolute atomic E-state index is 0.0841. The van der Waals surface area contributed by atoms with Crippen LogP contribution in [0.15, 0.2) is 0 Å². The van der Waals surface area contributed by atoms with E-state index < -0.39 is 0 Å². The summed E-state index contributed by atoms with van der Waals surface area (Å²) in [7, 11) is 0. The van der Waals surface area contributed by atoms with Gasteiger partial charge in [-0.25, -0.2) is 0 Å². The van der Waals surface area contributed by atoms with Gasteiger partial charge in [-0.05, 0) is 12.8 Å². The molecule has 0 spiro atoms. The zero-order chi connectivity index (χ0) is 8.48. The summed E-state index contributed by atoms with van der Waals surface area (Å²) in [6.45, 7) is 3.77. The zero-order valence-corrected chi connectivity index (χ0v) is 7.05. The van der Waals surface area contributed by atoms with Crippen molar-refractivity contribution in [2.24, 2.45) is 11.3 Å². The van der Waals surface area contributed by atoms with Crippen molar-refractivity contribution < 1.29 is 4.79 Å². The van der Waals surface area contributed by atoms with Crippen LogP contribution in [0.1, 0.15) is 33.1 Å². The Kier molecular flexibility index (Phi) is 1.99. The molecule has 0 aromatic carbocycles. The molecule has 1 fully saturated rings. The molecular formula is C9H13NO. The van der Waals surface area contributed by atoms with Gasteiger partial charge in [0.15, 0.2) is 0 Å². The molecule has 1 aliphatic carbocycles. The van der Waals surface area contributed by atoms with E-state index in [0.29, 0.717) is 6.42 Å². The summed E-state index contributed by atoms with van der Waals surface area (Å²) in [5.41, 5.74) is -0.249. The van der Waals surface area contributed by atoms with Crippen LogP contribution in [0.3, 0.4) is 0 Å². The Morgan fingerprint density at radius 3 is 2.45 bits per heavy atom. The number of carbonyl (C=O) groups is 1. The Morgan fingerprint density at radius 1 is 1.64 bits per heavy atom. The van der Waals surface area contributed by atoms with Gasteiger partial charge in [0.05, 0.1) is 11.5 Å². The Bertz CT molecular complexity index is 208. The van der Waals surface area contributed by atoms with Crippen molar-refractivity contribution in [1.29, 1.82) is 5.26 Å². The van der Waals surface area contributed by atoms with E-state index in [0.717, 1.165) is 12.8 Å². The van der Waals surface area contributed by atoms with E-state index in [1.165, 1.54) is 0 Å². The molecule has 0 aromatic heterocycles. The van der Waals surface area contributed by atoms with Gasteiger partial charge in [-0.15, -0.1) is 0 Å².